The molecule has 17 heavy (non-hydrogen) atoms. The smallest absolute Gasteiger partial charge is 0.239 e. The van der Waals surface area contributed by atoms with Crippen molar-refractivity contribution in [2.45, 2.75) is 58.1 Å². The Morgan fingerprint density at radius 2 is 2.06 bits per heavy atom. The first kappa shape index (κ1) is 14.5. The summed E-state index contributed by atoms with van der Waals surface area (Å²) in [5.41, 5.74) is 5.89. The van der Waals surface area contributed by atoms with Gasteiger partial charge in [-0.3, -0.25) is 4.79 Å². The lowest BCUT2D eigenvalue weighted by atomic mass is 9.92. The van der Waals surface area contributed by atoms with Gasteiger partial charge in [-0.25, -0.2) is 0 Å². The van der Waals surface area contributed by atoms with E-state index in [1.165, 1.54) is 0 Å². The number of aliphatic hydroxyl groups excluding tert-OH is 1. The normalized spacial score (nSPS) is 21.3. The Balaban J connectivity index is 2.35. The molecule has 100 valence electrons. The van der Waals surface area contributed by atoms with Crippen LogP contribution >= 0.6 is 0 Å². The maximum absolute atomic E-state index is 12.0. The lowest BCUT2D eigenvalue weighted by Crippen LogP contribution is -2.48. The van der Waals surface area contributed by atoms with Crippen molar-refractivity contribution >= 4 is 5.91 Å². The Bertz CT molecular complexity index is 236. The molecule has 0 bridgehead atoms. The molecule has 0 aliphatic carbocycles. The summed E-state index contributed by atoms with van der Waals surface area (Å²) in [7, 11) is 0. The number of rotatable bonds is 5. The number of likely N-dealkylation sites (tertiary alicyclic amines) is 1. The van der Waals surface area contributed by atoms with E-state index in [2.05, 4.69) is 6.92 Å². The number of amides is 1. The molecule has 0 aromatic heterocycles. The zero-order valence-electron chi connectivity index (χ0n) is 11.1. The number of nitrogens with two attached hydrogens (primary N) is 1. The van der Waals surface area contributed by atoms with Gasteiger partial charge in [0.25, 0.3) is 0 Å². The van der Waals surface area contributed by atoms with E-state index in [1.54, 1.807) is 0 Å². The maximum Gasteiger partial charge on any atom is 0.239 e. The second-order valence-electron chi connectivity index (χ2n) is 5.15. The van der Waals surface area contributed by atoms with Crippen LogP contribution in [0.25, 0.3) is 0 Å². The molecule has 4 heteroatoms. The first-order chi connectivity index (χ1) is 8.06. The van der Waals surface area contributed by atoms with Crippen molar-refractivity contribution in [2.24, 2.45) is 11.7 Å². The Kier molecular flexibility index (Phi) is 5.92. The Labute approximate surface area is 104 Å². The van der Waals surface area contributed by atoms with Crippen molar-refractivity contribution in [1.29, 1.82) is 0 Å². The van der Waals surface area contributed by atoms with Gasteiger partial charge in [-0.2, -0.15) is 0 Å². The van der Waals surface area contributed by atoms with Crippen LogP contribution in [0.1, 0.15) is 46.0 Å². The van der Waals surface area contributed by atoms with Crippen molar-refractivity contribution in [3.8, 4) is 0 Å². The van der Waals surface area contributed by atoms with Gasteiger partial charge in [0.2, 0.25) is 5.91 Å². The van der Waals surface area contributed by atoms with E-state index in [4.69, 9.17) is 5.73 Å². The summed E-state index contributed by atoms with van der Waals surface area (Å²) >= 11 is 0. The van der Waals surface area contributed by atoms with Gasteiger partial charge in [-0.1, -0.05) is 19.8 Å². The maximum atomic E-state index is 12.0. The standard InChI is InChI=1S/C13H26N2O2/c1-3-4-5-12(14)13(17)15-8-6-11(7-9-15)10(2)16/h10-12,16H,3-9,14H2,1-2H3/t10?,12-/m0/s1. The molecule has 1 unspecified atom stereocenters. The van der Waals surface area contributed by atoms with Crippen LogP contribution < -0.4 is 5.73 Å². The van der Waals surface area contributed by atoms with Crippen molar-refractivity contribution < 1.29 is 9.90 Å². The van der Waals surface area contributed by atoms with E-state index in [0.717, 1.165) is 45.2 Å². The number of aliphatic hydroxyl groups is 1. The summed E-state index contributed by atoms with van der Waals surface area (Å²) in [4.78, 5) is 13.9. The summed E-state index contributed by atoms with van der Waals surface area (Å²) in [5, 5.41) is 9.50. The summed E-state index contributed by atoms with van der Waals surface area (Å²) in [5.74, 6) is 0.424. The minimum absolute atomic E-state index is 0.0856. The zero-order valence-corrected chi connectivity index (χ0v) is 11.1. The molecule has 0 aromatic carbocycles. The van der Waals surface area contributed by atoms with E-state index in [0.29, 0.717) is 5.92 Å². The number of nitrogens with zero attached hydrogens (tertiary/aromatic N) is 1. The molecule has 0 saturated carbocycles. The molecule has 1 rings (SSSR count). The average Bonchev–Trinajstić information content (AvgIpc) is 2.35. The van der Waals surface area contributed by atoms with Crippen molar-refractivity contribution in [3.63, 3.8) is 0 Å². The fraction of sp³-hybridized carbons (Fsp3) is 0.923. The largest absolute Gasteiger partial charge is 0.393 e. The van der Waals surface area contributed by atoms with Gasteiger partial charge in [-0.15, -0.1) is 0 Å². The van der Waals surface area contributed by atoms with Crippen LogP contribution in [0.4, 0.5) is 0 Å². The van der Waals surface area contributed by atoms with E-state index in [1.807, 2.05) is 11.8 Å². The van der Waals surface area contributed by atoms with Gasteiger partial charge < -0.3 is 15.7 Å². The zero-order chi connectivity index (χ0) is 12.8. The molecule has 0 aromatic rings. The fourth-order valence-corrected chi connectivity index (χ4v) is 2.38. The molecular weight excluding hydrogens is 216 g/mol. The Morgan fingerprint density at radius 1 is 1.47 bits per heavy atom. The van der Waals surface area contributed by atoms with Crippen molar-refractivity contribution in [1.82, 2.24) is 4.90 Å². The molecule has 3 N–H and O–H groups in total. The number of unbranched alkanes of at least 4 members (excludes halogenated alkanes) is 1. The molecule has 1 heterocycles. The van der Waals surface area contributed by atoms with Crippen LogP contribution in [0, 0.1) is 5.92 Å². The number of carbonyl (C=O) groups excluding carboxylic acids is 1. The Hall–Kier alpha value is -0.610. The molecule has 1 aliphatic rings. The number of hydrogen-bond donors (Lipinski definition) is 2. The second kappa shape index (κ2) is 6.97. The highest BCUT2D eigenvalue weighted by Gasteiger charge is 2.27. The van der Waals surface area contributed by atoms with Crippen LogP contribution in [0.15, 0.2) is 0 Å². The second-order valence-corrected chi connectivity index (χ2v) is 5.15. The van der Waals surface area contributed by atoms with Crippen molar-refractivity contribution in [2.75, 3.05) is 13.1 Å². The van der Waals surface area contributed by atoms with Gasteiger partial charge in [0.1, 0.15) is 0 Å². The fourth-order valence-electron chi connectivity index (χ4n) is 2.38. The number of piperidine rings is 1. The van der Waals surface area contributed by atoms with Crippen LogP contribution in [0.3, 0.4) is 0 Å². The molecule has 4 nitrogen and oxygen atoms in total. The summed E-state index contributed by atoms with van der Waals surface area (Å²) in [6, 6.07) is -0.335. The molecule has 2 atom stereocenters. The molecule has 1 fully saturated rings. The predicted molar refractivity (Wildman–Crippen MR) is 68.5 cm³/mol. The molecule has 0 spiro atoms. The molecule has 1 amide bonds. The topological polar surface area (TPSA) is 66.6 Å². The highest BCUT2D eigenvalue weighted by Crippen LogP contribution is 2.21. The minimum atomic E-state index is -0.335. The Morgan fingerprint density at radius 3 is 2.53 bits per heavy atom. The summed E-state index contributed by atoms with van der Waals surface area (Å²) < 4.78 is 0. The third-order valence-electron chi connectivity index (χ3n) is 3.72. The van der Waals surface area contributed by atoms with Crippen LogP contribution in [0.5, 0.6) is 0 Å². The SMILES string of the molecule is CCCC[C@H](N)C(=O)N1CCC(C(C)O)CC1. The predicted octanol–water partition coefficient (Wildman–Crippen LogP) is 1.12. The summed E-state index contributed by atoms with van der Waals surface area (Å²) in [6.07, 6.45) is 4.39. The van der Waals surface area contributed by atoms with Gasteiger partial charge >= 0.3 is 0 Å². The average molecular weight is 242 g/mol. The molecule has 1 aliphatic heterocycles. The molecule has 0 radical (unpaired) electrons. The molecular formula is C13H26N2O2. The third-order valence-corrected chi connectivity index (χ3v) is 3.72. The highest BCUT2D eigenvalue weighted by atomic mass is 16.3. The van der Waals surface area contributed by atoms with Gasteiger partial charge in [0, 0.05) is 13.1 Å². The first-order valence-corrected chi connectivity index (χ1v) is 6.78. The van der Waals surface area contributed by atoms with Crippen LogP contribution in [0.2, 0.25) is 0 Å². The quantitative estimate of drug-likeness (QED) is 0.759. The number of hydrogen-bond acceptors (Lipinski definition) is 3. The van der Waals surface area contributed by atoms with Gasteiger partial charge in [0.15, 0.2) is 0 Å². The van der Waals surface area contributed by atoms with E-state index in [9.17, 15) is 9.90 Å². The monoisotopic (exact) mass is 242 g/mol. The third kappa shape index (κ3) is 4.28. The highest BCUT2D eigenvalue weighted by molar-refractivity contribution is 5.81. The van der Waals surface area contributed by atoms with E-state index >= 15 is 0 Å². The van der Waals surface area contributed by atoms with Gasteiger partial charge in [0.05, 0.1) is 12.1 Å². The van der Waals surface area contributed by atoms with E-state index in [-0.39, 0.29) is 18.1 Å². The lowest BCUT2D eigenvalue weighted by Gasteiger charge is -2.34. The van der Waals surface area contributed by atoms with Crippen LogP contribution in [-0.2, 0) is 4.79 Å². The first-order valence-electron chi connectivity index (χ1n) is 6.78. The lowest BCUT2D eigenvalue weighted by molar-refractivity contribution is -0.134. The summed E-state index contributed by atoms with van der Waals surface area (Å²) in [6.45, 7) is 5.42. The number of carbonyl (C=O) groups is 1. The molecule has 1 saturated heterocycles. The van der Waals surface area contributed by atoms with Crippen LogP contribution in [-0.4, -0.2) is 41.1 Å². The minimum Gasteiger partial charge on any atom is -0.393 e. The van der Waals surface area contributed by atoms with E-state index < -0.39 is 0 Å². The van der Waals surface area contributed by atoms with Gasteiger partial charge in [-0.05, 0) is 32.1 Å². The van der Waals surface area contributed by atoms with Crippen molar-refractivity contribution in [3.05, 3.63) is 0 Å².